The Morgan fingerprint density at radius 3 is 2.48 bits per heavy atom. The number of ether oxygens (including phenoxy) is 4. The van der Waals surface area contributed by atoms with Crippen LogP contribution in [0.1, 0.15) is 63.6 Å². The molecule has 46 heavy (non-hydrogen) atoms. The number of methoxy groups -OCH3 is 1. The Hall–Kier alpha value is -3.90. The lowest BCUT2D eigenvalue weighted by Gasteiger charge is -2.27. The maximum Gasteiger partial charge on any atom is 0.338 e. The molecule has 1 atom stereocenters. The second kappa shape index (κ2) is 15.1. The van der Waals surface area contributed by atoms with Crippen molar-refractivity contribution in [3.05, 3.63) is 83.0 Å². The molecule has 12 heteroatoms. The number of likely N-dealkylation sites (tertiary alicyclic amines) is 1. The molecule has 244 valence electrons. The monoisotopic (exact) mass is 711 g/mol. The summed E-state index contributed by atoms with van der Waals surface area (Å²) in [7, 11) is 1.56. The maximum atomic E-state index is 14.2. The summed E-state index contributed by atoms with van der Waals surface area (Å²) in [5.74, 6) is 0.896. The number of halogens is 1. The smallest absolute Gasteiger partial charge is 0.338 e. The minimum atomic E-state index is -0.811. The molecule has 0 bridgehead atoms. The highest BCUT2D eigenvalue weighted by atomic mass is 79.9. The fraction of sp³-hybridized carbons (Fsp3) is 0.412. The third-order valence-electron chi connectivity index (χ3n) is 7.75. The molecule has 3 heterocycles. The normalized spacial score (nSPS) is 16.2. The van der Waals surface area contributed by atoms with Crippen molar-refractivity contribution in [2.75, 3.05) is 40.0 Å². The van der Waals surface area contributed by atoms with Crippen LogP contribution in [0.4, 0.5) is 0 Å². The Kier molecular flexibility index (Phi) is 11.0. The Morgan fingerprint density at radius 2 is 1.78 bits per heavy atom. The summed E-state index contributed by atoms with van der Waals surface area (Å²) < 4.78 is 25.7. The van der Waals surface area contributed by atoms with Crippen molar-refractivity contribution in [1.82, 2.24) is 9.47 Å². The van der Waals surface area contributed by atoms with E-state index in [-0.39, 0.29) is 24.7 Å². The van der Waals surface area contributed by atoms with Gasteiger partial charge < -0.3 is 23.8 Å². The van der Waals surface area contributed by atoms with Gasteiger partial charge in [0.2, 0.25) is 0 Å². The molecule has 1 saturated heterocycles. The van der Waals surface area contributed by atoms with Gasteiger partial charge in [0.05, 0.1) is 36.1 Å². The molecule has 1 fully saturated rings. The van der Waals surface area contributed by atoms with Crippen LogP contribution in [0.15, 0.2) is 61.9 Å². The topological polar surface area (TPSA) is 109 Å². The first kappa shape index (κ1) is 33.5. The number of aromatic nitrogens is 1. The van der Waals surface area contributed by atoms with Crippen molar-refractivity contribution in [2.24, 2.45) is 4.99 Å². The van der Waals surface area contributed by atoms with Crippen LogP contribution >= 0.6 is 27.3 Å². The van der Waals surface area contributed by atoms with Gasteiger partial charge in [0.25, 0.3) is 11.5 Å². The van der Waals surface area contributed by atoms with Gasteiger partial charge in [0.1, 0.15) is 11.8 Å². The fourth-order valence-electron chi connectivity index (χ4n) is 5.68. The lowest BCUT2D eigenvalue weighted by atomic mass is 9.93. The van der Waals surface area contributed by atoms with E-state index in [1.165, 1.54) is 11.3 Å². The summed E-state index contributed by atoms with van der Waals surface area (Å²) in [6.07, 6.45) is 5.07. The van der Waals surface area contributed by atoms with E-state index in [2.05, 4.69) is 15.9 Å². The largest absolute Gasteiger partial charge is 0.496 e. The van der Waals surface area contributed by atoms with E-state index in [4.69, 9.17) is 23.9 Å². The number of carbonyl (C=O) groups excluding carboxylic acids is 2. The number of hydrogen-bond acceptors (Lipinski definition) is 9. The maximum absolute atomic E-state index is 14.2. The first-order valence-corrected chi connectivity index (χ1v) is 17.1. The zero-order chi connectivity index (χ0) is 32.8. The Labute approximate surface area is 280 Å². The molecule has 2 aliphatic heterocycles. The molecule has 5 rings (SSSR count). The molecule has 10 nitrogen and oxygen atoms in total. The number of carbonyl (C=O) groups is 2. The van der Waals surface area contributed by atoms with Crippen LogP contribution in [-0.2, 0) is 14.3 Å². The van der Waals surface area contributed by atoms with Crippen molar-refractivity contribution in [3.63, 3.8) is 0 Å². The first-order valence-electron chi connectivity index (χ1n) is 15.5. The molecule has 2 aromatic carbocycles. The number of nitrogens with zero attached hydrogens (tertiary/aromatic N) is 3. The molecule has 2 aliphatic rings. The summed E-state index contributed by atoms with van der Waals surface area (Å²) in [6.45, 7) is 7.66. The Bertz CT molecular complexity index is 1820. The van der Waals surface area contributed by atoms with Gasteiger partial charge in [0.15, 0.2) is 22.9 Å². The lowest BCUT2D eigenvalue weighted by molar-refractivity contribution is -0.139. The standard InChI is InChI=1S/C34H38BrN3O7S/c1-5-10-24-30(33(41)44-7-3)31(23-19-22(35)12-14-25(23)42-4)38-32(40)28(46-34(38)36-24)18-21-11-13-26(27(17-21)43-6-2)45-20-29(39)37-15-8-9-16-37/h11-14,17-19,31H,5-10,15-16,20H2,1-4H3/b28-18-/t31-/m1/s1. The van der Waals surface area contributed by atoms with Gasteiger partial charge in [-0.3, -0.25) is 14.2 Å². The second-order valence-electron chi connectivity index (χ2n) is 10.8. The number of amides is 1. The zero-order valence-electron chi connectivity index (χ0n) is 26.5. The number of rotatable bonds is 12. The lowest BCUT2D eigenvalue weighted by Crippen LogP contribution is -2.40. The van der Waals surface area contributed by atoms with Crippen LogP contribution in [0.25, 0.3) is 6.08 Å². The minimum absolute atomic E-state index is 0.0496. The molecule has 0 N–H and O–H groups in total. The van der Waals surface area contributed by atoms with Gasteiger partial charge in [0, 0.05) is 23.1 Å². The summed E-state index contributed by atoms with van der Waals surface area (Å²) >= 11 is 4.80. The first-order chi connectivity index (χ1) is 22.3. The van der Waals surface area contributed by atoms with Crippen LogP contribution in [-0.4, -0.2) is 61.4 Å². The number of hydrogen-bond donors (Lipinski definition) is 0. The highest BCUT2D eigenvalue weighted by molar-refractivity contribution is 9.10. The van der Waals surface area contributed by atoms with Gasteiger partial charge in [-0.05, 0) is 75.1 Å². The van der Waals surface area contributed by atoms with Crippen LogP contribution < -0.4 is 29.1 Å². The number of allylic oxidation sites excluding steroid dienone is 1. The Morgan fingerprint density at radius 1 is 1.02 bits per heavy atom. The minimum Gasteiger partial charge on any atom is -0.496 e. The average molecular weight is 713 g/mol. The molecule has 1 amide bonds. The molecule has 1 aromatic heterocycles. The highest BCUT2D eigenvalue weighted by Gasteiger charge is 2.36. The Balaban J connectivity index is 1.60. The van der Waals surface area contributed by atoms with E-state index in [0.717, 1.165) is 36.8 Å². The SMILES string of the molecule is CCCC1=C(C(=O)OCC)[C@@H](c2cc(Br)ccc2OC)n2c(s/c(=C\c3ccc(OCC(=O)N4CCCC4)c(OCC)c3)c2=O)=N1. The molecular formula is C34H38BrN3O7S. The second-order valence-corrected chi connectivity index (χ2v) is 12.7. The summed E-state index contributed by atoms with van der Waals surface area (Å²) in [4.78, 5) is 47.4. The van der Waals surface area contributed by atoms with E-state index in [0.29, 0.717) is 62.0 Å². The van der Waals surface area contributed by atoms with Gasteiger partial charge in [-0.15, -0.1) is 0 Å². The molecule has 0 aliphatic carbocycles. The molecule has 0 saturated carbocycles. The predicted octanol–water partition coefficient (Wildman–Crippen LogP) is 4.75. The van der Waals surface area contributed by atoms with Crippen LogP contribution in [0.5, 0.6) is 17.2 Å². The van der Waals surface area contributed by atoms with E-state index < -0.39 is 12.0 Å². The summed E-state index contributed by atoms with van der Waals surface area (Å²) in [5, 5.41) is 0. The quantitative estimate of drug-likeness (QED) is 0.250. The number of benzene rings is 2. The highest BCUT2D eigenvalue weighted by Crippen LogP contribution is 2.38. The predicted molar refractivity (Wildman–Crippen MR) is 179 cm³/mol. The third-order valence-corrected chi connectivity index (χ3v) is 9.23. The molecule has 0 unspecified atom stereocenters. The van der Waals surface area contributed by atoms with Gasteiger partial charge in [-0.1, -0.05) is 46.7 Å². The van der Waals surface area contributed by atoms with E-state index in [1.807, 2.05) is 36.9 Å². The number of fused-ring (bicyclic) bond motifs is 1. The summed E-state index contributed by atoms with van der Waals surface area (Å²) in [6, 6.07) is 10.0. The van der Waals surface area contributed by atoms with Crippen molar-refractivity contribution in [1.29, 1.82) is 0 Å². The van der Waals surface area contributed by atoms with Crippen molar-refractivity contribution < 1.29 is 28.5 Å². The van der Waals surface area contributed by atoms with E-state index >= 15 is 0 Å². The molecular weight excluding hydrogens is 674 g/mol. The average Bonchev–Trinajstić information content (AvgIpc) is 3.69. The van der Waals surface area contributed by atoms with Crippen molar-refractivity contribution in [3.8, 4) is 17.2 Å². The molecule has 0 spiro atoms. The van der Waals surface area contributed by atoms with Crippen LogP contribution in [0.2, 0.25) is 0 Å². The van der Waals surface area contributed by atoms with Crippen molar-refractivity contribution in [2.45, 2.75) is 52.5 Å². The van der Waals surface area contributed by atoms with E-state index in [9.17, 15) is 14.4 Å². The molecule has 3 aromatic rings. The van der Waals surface area contributed by atoms with Crippen LogP contribution in [0.3, 0.4) is 0 Å². The van der Waals surface area contributed by atoms with Gasteiger partial charge in [-0.2, -0.15) is 0 Å². The fourth-order valence-corrected chi connectivity index (χ4v) is 7.08. The third kappa shape index (κ3) is 7.07. The van der Waals surface area contributed by atoms with Crippen molar-refractivity contribution >= 4 is 45.2 Å². The zero-order valence-corrected chi connectivity index (χ0v) is 28.9. The van der Waals surface area contributed by atoms with Gasteiger partial charge >= 0.3 is 5.97 Å². The van der Waals surface area contributed by atoms with Gasteiger partial charge in [-0.25, -0.2) is 9.79 Å². The molecule has 0 radical (unpaired) electrons. The van der Waals surface area contributed by atoms with Crippen LogP contribution in [0, 0.1) is 0 Å². The summed E-state index contributed by atoms with van der Waals surface area (Å²) in [5.41, 5.74) is 1.95. The number of esters is 1. The number of thiazole rings is 1. The van der Waals surface area contributed by atoms with E-state index in [1.54, 1.807) is 42.9 Å².